The number of hydrogen-bond acceptors (Lipinski definition) is 8. The van der Waals surface area contributed by atoms with Gasteiger partial charge < -0.3 is 24.4 Å². The highest BCUT2D eigenvalue weighted by molar-refractivity contribution is 5.80. The second kappa shape index (κ2) is 11.2. The fourth-order valence-electron chi connectivity index (χ4n) is 4.30. The molecule has 1 atom stereocenters. The van der Waals surface area contributed by atoms with E-state index >= 15 is 0 Å². The maximum absolute atomic E-state index is 12.5. The number of likely N-dealkylation sites (tertiary alicyclic amines) is 1. The number of ether oxygens (including phenoxy) is 3. The van der Waals surface area contributed by atoms with Gasteiger partial charge in [-0.2, -0.15) is 0 Å². The van der Waals surface area contributed by atoms with E-state index in [2.05, 4.69) is 21.6 Å². The zero-order valence-corrected chi connectivity index (χ0v) is 21.6. The zero-order valence-electron chi connectivity index (χ0n) is 21.6. The molecule has 36 heavy (non-hydrogen) atoms. The largest absolute Gasteiger partial charge is 0.467 e. The Kier molecular flexibility index (Phi) is 8.08. The number of amides is 1. The van der Waals surface area contributed by atoms with Gasteiger partial charge in [-0.1, -0.05) is 6.07 Å². The molecule has 1 aliphatic carbocycles. The third kappa shape index (κ3) is 6.72. The van der Waals surface area contributed by atoms with E-state index in [1.165, 1.54) is 0 Å². The lowest BCUT2D eigenvalue weighted by Gasteiger charge is -2.34. The number of hydrogen-bond donors (Lipinski definition) is 1. The monoisotopic (exact) mass is 496 g/mol. The topological polar surface area (TPSA) is 103 Å². The van der Waals surface area contributed by atoms with Crippen LogP contribution in [-0.2, 0) is 9.47 Å². The number of carbonyl (C=O) groups is 2. The number of anilines is 1. The fraction of sp³-hybridized carbons (Fsp3) is 0.556. The quantitative estimate of drug-likeness (QED) is 0.293. The standard InChI is InChI=1S/C27H36N4O5/c1-5-34-17-35-23-13-18(16-32)8-11-21(23)25-22(19-9-10-19)14-24(29-30-25)28-20-7-6-12-31(15-20)26(33)36-27(2,3)4/h8,11,13-14,16,19-20H,5-7,9-10,12,15,17H2,1-4H3,(H,28,29). The molecule has 2 aliphatic rings. The minimum atomic E-state index is -0.521. The molecule has 1 saturated heterocycles. The molecule has 0 spiro atoms. The van der Waals surface area contributed by atoms with Crippen molar-refractivity contribution in [3.8, 4) is 17.0 Å². The molecule has 2 heterocycles. The first kappa shape index (κ1) is 25.9. The van der Waals surface area contributed by atoms with E-state index in [1.807, 2.05) is 33.8 Å². The molecule has 194 valence electrons. The number of rotatable bonds is 9. The van der Waals surface area contributed by atoms with Crippen molar-refractivity contribution >= 4 is 18.2 Å². The van der Waals surface area contributed by atoms with Crippen LogP contribution in [0.3, 0.4) is 0 Å². The van der Waals surface area contributed by atoms with Crippen LogP contribution in [-0.4, -0.2) is 65.6 Å². The molecule has 2 fully saturated rings. The number of nitrogens with zero attached hydrogens (tertiary/aromatic N) is 3. The summed E-state index contributed by atoms with van der Waals surface area (Å²) in [4.78, 5) is 25.6. The number of nitrogens with one attached hydrogen (secondary N) is 1. The van der Waals surface area contributed by atoms with Crippen molar-refractivity contribution in [2.75, 3.05) is 31.8 Å². The van der Waals surface area contributed by atoms with Crippen LogP contribution < -0.4 is 10.1 Å². The van der Waals surface area contributed by atoms with Crippen molar-refractivity contribution in [3.63, 3.8) is 0 Å². The fourth-order valence-corrected chi connectivity index (χ4v) is 4.30. The lowest BCUT2D eigenvalue weighted by atomic mass is 10.0. The van der Waals surface area contributed by atoms with Crippen LogP contribution >= 0.6 is 0 Å². The van der Waals surface area contributed by atoms with Gasteiger partial charge in [0.25, 0.3) is 0 Å². The van der Waals surface area contributed by atoms with Gasteiger partial charge in [0.2, 0.25) is 0 Å². The lowest BCUT2D eigenvalue weighted by Crippen LogP contribution is -2.47. The number of piperidine rings is 1. The van der Waals surface area contributed by atoms with Crippen LogP contribution in [0.25, 0.3) is 11.3 Å². The maximum atomic E-state index is 12.5. The van der Waals surface area contributed by atoms with Gasteiger partial charge in [-0.25, -0.2) is 4.79 Å². The summed E-state index contributed by atoms with van der Waals surface area (Å²) in [6.07, 6.45) is 4.52. The Morgan fingerprint density at radius 2 is 2.00 bits per heavy atom. The Morgan fingerprint density at radius 3 is 2.69 bits per heavy atom. The smallest absolute Gasteiger partial charge is 0.410 e. The average molecular weight is 497 g/mol. The van der Waals surface area contributed by atoms with Gasteiger partial charge in [-0.3, -0.25) is 4.79 Å². The number of aldehydes is 1. The SMILES string of the molecule is CCOCOc1cc(C=O)ccc1-c1nnc(NC2CCCN(C(=O)OC(C)(C)C)C2)cc1C1CC1. The van der Waals surface area contributed by atoms with E-state index in [4.69, 9.17) is 14.2 Å². The summed E-state index contributed by atoms with van der Waals surface area (Å²) in [5.74, 6) is 1.65. The Bertz CT molecular complexity index is 1080. The van der Waals surface area contributed by atoms with E-state index < -0.39 is 5.60 Å². The highest BCUT2D eigenvalue weighted by atomic mass is 16.7. The molecule has 0 bridgehead atoms. The van der Waals surface area contributed by atoms with Gasteiger partial charge in [-0.05, 0) is 83.1 Å². The van der Waals surface area contributed by atoms with Crippen molar-refractivity contribution < 1.29 is 23.8 Å². The van der Waals surface area contributed by atoms with Crippen LogP contribution in [0.4, 0.5) is 10.6 Å². The van der Waals surface area contributed by atoms with Crippen LogP contribution in [0.5, 0.6) is 5.75 Å². The van der Waals surface area contributed by atoms with Gasteiger partial charge in [0.1, 0.15) is 29.1 Å². The predicted octanol–water partition coefficient (Wildman–Crippen LogP) is 5.02. The lowest BCUT2D eigenvalue weighted by molar-refractivity contribution is 0.0205. The minimum absolute atomic E-state index is 0.0652. The second-order valence-corrected chi connectivity index (χ2v) is 10.3. The Balaban J connectivity index is 1.53. The van der Waals surface area contributed by atoms with E-state index in [9.17, 15) is 9.59 Å². The van der Waals surface area contributed by atoms with E-state index in [1.54, 1.807) is 17.0 Å². The van der Waals surface area contributed by atoms with Crippen molar-refractivity contribution in [2.24, 2.45) is 0 Å². The Labute approximate surface area is 212 Å². The first-order valence-corrected chi connectivity index (χ1v) is 12.7. The molecule has 2 aromatic rings. The third-order valence-electron chi connectivity index (χ3n) is 6.16. The summed E-state index contributed by atoms with van der Waals surface area (Å²) in [6, 6.07) is 7.45. The van der Waals surface area contributed by atoms with Crippen molar-refractivity contribution in [3.05, 3.63) is 35.4 Å². The summed E-state index contributed by atoms with van der Waals surface area (Å²) < 4.78 is 16.7. The summed E-state index contributed by atoms with van der Waals surface area (Å²) >= 11 is 0. The zero-order chi connectivity index (χ0) is 25.7. The van der Waals surface area contributed by atoms with Gasteiger partial charge in [-0.15, -0.1) is 10.2 Å². The Morgan fingerprint density at radius 1 is 1.19 bits per heavy atom. The first-order chi connectivity index (χ1) is 17.3. The number of carbonyl (C=O) groups excluding carboxylic acids is 2. The second-order valence-electron chi connectivity index (χ2n) is 10.3. The molecule has 9 heteroatoms. The van der Waals surface area contributed by atoms with Gasteiger partial charge in [0.05, 0.1) is 0 Å². The summed E-state index contributed by atoms with van der Waals surface area (Å²) in [5, 5.41) is 12.6. The molecule has 9 nitrogen and oxygen atoms in total. The molecular formula is C27H36N4O5. The van der Waals surface area contributed by atoms with Crippen molar-refractivity contribution in [1.29, 1.82) is 0 Å². The highest BCUT2D eigenvalue weighted by Crippen LogP contribution is 2.45. The van der Waals surface area contributed by atoms with Crippen LogP contribution in [0.1, 0.15) is 75.2 Å². The minimum Gasteiger partial charge on any atom is -0.467 e. The summed E-state index contributed by atoms with van der Waals surface area (Å²) in [7, 11) is 0. The van der Waals surface area contributed by atoms with Gasteiger partial charge in [0.15, 0.2) is 6.79 Å². The first-order valence-electron chi connectivity index (χ1n) is 12.7. The summed E-state index contributed by atoms with van der Waals surface area (Å²) in [5.41, 5.74) is 2.65. The van der Waals surface area contributed by atoms with Crippen molar-refractivity contribution in [1.82, 2.24) is 15.1 Å². The van der Waals surface area contributed by atoms with E-state index in [-0.39, 0.29) is 18.9 Å². The molecular weight excluding hydrogens is 460 g/mol. The molecule has 1 aromatic heterocycles. The molecule has 4 rings (SSSR count). The van der Waals surface area contributed by atoms with Crippen LogP contribution in [0.15, 0.2) is 24.3 Å². The number of benzene rings is 1. The maximum Gasteiger partial charge on any atom is 0.410 e. The molecule has 1 unspecified atom stereocenters. The molecule has 1 N–H and O–H groups in total. The van der Waals surface area contributed by atoms with Crippen molar-refractivity contribution in [2.45, 2.75) is 70.9 Å². The van der Waals surface area contributed by atoms with E-state index in [0.717, 1.165) is 48.8 Å². The van der Waals surface area contributed by atoms with Gasteiger partial charge in [0, 0.05) is 36.9 Å². The normalized spacial score (nSPS) is 18.0. The molecule has 1 aromatic carbocycles. The van der Waals surface area contributed by atoms with Gasteiger partial charge >= 0.3 is 6.09 Å². The Hall–Kier alpha value is -3.20. The molecule has 1 amide bonds. The van der Waals surface area contributed by atoms with E-state index in [0.29, 0.717) is 42.7 Å². The third-order valence-corrected chi connectivity index (χ3v) is 6.16. The molecule has 0 radical (unpaired) electrons. The average Bonchev–Trinajstić information content (AvgIpc) is 3.69. The summed E-state index contributed by atoms with van der Waals surface area (Å²) in [6.45, 7) is 9.39. The predicted molar refractivity (Wildman–Crippen MR) is 136 cm³/mol. The highest BCUT2D eigenvalue weighted by Gasteiger charge is 2.31. The van der Waals surface area contributed by atoms with Crippen LogP contribution in [0, 0.1) is 0 Å². The number of aromatic nitrogens is 2. The molecule has 1 aliphatic heterocycles. The molecule has 1 saturated carbocycles. The van der Waals surface area contributed by atoms with Crippen LogP contribution in [0.2, 0.25) is 0 Å².